The summed E-state index contributed by atoms with van der Waals surface area (Å²) in [4.78, 5) is 19.5. The molecule has 36 heteroatoms. The van der Waals surface area contributed by atoms with Gasteiger partial charge in [0, 0.05) is 106 Å². The summed E-state index contributed by atoms with van der Waals surface area (Å²) < 4.78 is 119. The minimum absolute atomic E-state index is 0.000417. The van der Waals surface area contributed by atoms with E-state index in [4.69, 9.17) is 84.3 Å². The molecule has 0 fully saturated rings. The summed E-state index contributed by atoms with van der Waals surface area (Å²) in [5.74, 6) is 5.24. The van der Waals surface area contributed by atoms with Gasteiger partial charge in [0.05, 0.1) is 109 Å². The van der Waals surface area contributed by atoms with Crippen LogP contribution in [-0.4, -0.2) is 223 Å². The number of aliphatic hydroxyl groups is 8. The average molecular weight is 1410 g/mol. The molecule has 0 saturated carbocycles. The summed E-state index contributed by atoms with van der Waals surface area (Å²) in [6.07, 6.45) is 13.7. The summed E-state index contributed by atoms with van der Waals surface area (Å²) in [5, 5.41) is 91.9. The quantitative estimate of drug-likeness (QED) is 0.00659. The highest BCUT2D eigenvalue weighted by molar-refractivity contribution is 9.09. The Bertz CT molecular complexity index is 3260. The molecule has 4 aromatic rings. The Balaban J connectivity index is 0. The van der Waals surface area contributed by atoms with Gasteiger partial charge >= 0.3 is 11.4 Å². The van der Waals surface area contributed by atoms with Gasteiger partial charge < -0.3 is 65.5 Å². The van der Waals surface area contributed by atoms with E-state index in [-0.39, 0.29) is 127 Å². The molecular formula is C52H76BrClN6O24S4. The topological polar surface area (TPSA) is 457 Å². The van der Waals surface area contributed by atoms with Gasteiger partial charge in [0.25, 0.3) is 9.05 Å². The first-order chi connectivity index (χ1) is 41.5. The smallest absolute Gasteiger partial charge is 0.310 e. The predicted molar refractivity (Wildman–Crippen MR) is 329 cm³/mol. The van der Waals surface area contributed by atoms with E-state index >= 15 is 0 Å². The van der Waals surface area contributed by atoms with Crippen LogP contribution >= 0.6 is 26.6 Å². The number of alkyl halides is 1. The number of hydrogen-bond acceptors (Lipinski definition) is 25. The Labute approximate surface area is 525 Å². The molecule has 0 amide bonds. The number of nitro groups is 2. The van der Waals surface area contributed by atoms with Crippen molar-refractivity contribution >= 4 is 82.8 Å². The second-order valence-electron chi connectivity index (χ2n) is 16.6. The van der Waals surface area contributed by atoms with E-state index in [1.807, 2.05) is 0 Å². The molecule has 4 aromatic carbocycles. The van der Waals surface area contributed by atoms with Crippen molar-refractivity contribution in [2.45, 2.75) is 51.7 Å². The van der Waals surface area contributed by atoms with Gasteiger partial charge in [0.1, 0.15) is 11.5 Å². The third kappa shape index (κ3) is 29.0. The van der Waals surface area contributed by atoms with Crippen LogP contribution in [0.5, 0.6) is 23.0 Å². The number of terminal acetylenes is 2. The van der Waals surface area contributed by atoms with Crippen molar-refractivity contribution < 1.29 is 103 Å². The Morgan fingerprint density at radius 3 is 1.10 bits per heavy atom. The van der Waals surface area contributed by atoms with Crippen LogP contribution in [0.25, 0.3) is 0 Å². The van der Waals surface area contributed by atoms with Gasteiger partial charge in [-0.3, -0.25) is 20.2 Å². The number of benzene rings is 4. The zero-order valence-electron chi connectivity index (χ0n) is 48.5. The molecule has 0 aromatic heterocycles. The van der Waals surface area contributed by atoms with E-state index < -0.39 is 62.2 Å². The Morgan fingerprint density at radius 2 is 0.807 bits per heavy atom. The number of unbranched alkanes of at least 4 members (excludes halogenated alkanes) is 2. The van der Waals surface area contributed by atoms with E-state index in [0.717, 1.165) is 74.1 Å². The highest BCUT2D eigenvalue weighted by atomic mass is 79.9. The molecule has 0 bridgehead atoms. The molecule has 496 valence electrons. The number of nitro benzene ring substituents is 2. The molecular weight excluding hydrogens is 1340 g/mol. The fourth-order valence-electron chi connectivity index (χ4n) is 6.65. The minimum Gasteiger partial charge on any atom is -0.496 e. The number of sulfonamides is 3. The van der Waals surface area contributed by atoms with E-state index in [0.29, 0.717) is 29.6 Å². The standard InChI is InChI=1S/C15H21NO5S.C11H16N2O7S.C11H18N2O5S.C7H6ClNO5S.C5H12O2.C3H3Br/c1-3-4-5-13-6-7-14(12-15(13)21-2)22(19,20)16(8-10-17)9-11-18;1-20-11-8-9(2-3-10(11)13(16)17)21(18,19)12(4-6-14)5-7-15;1-18-11-8-9(2-3-10(11)12)19(16,17)13(4-6-14)5-7-15;1-14-7-4-5(15(8,12)13)2-3-6(7)9(10)11;6-4-2-1-3-5-7;1-2-3-4/h1,6-7,12,17-18H,4-5,8-11H2,2H3;2-3,8,14-15H,4-7H2,1H3;2-3,8,14-15H,4-7,12H2,1H3;2-4H,1H3;6-7H,1-5H2;1H,3H2. The normalized spacial score (nSPS) is 11.0. The molecule has 0 radical (unpaired) electrons. The molecule has 0 unspecified atom stereocenters. The van der Waals surface area contributed by atoms with Crippen molar-refractivity contribution in [3.05, 3.63) is 98.6 Å². The zero-order valence-corrected chi connectivity index (χ0v) is 54.1. The number of aliphatic hydroxyl groups excluding tert-OH is 8. The maximum absolute atomic E-state index is 12.5. The summed E-state index contributed by atoms with van der Waals surface area (Å²) in [6.45, 7) is -2.35. The fourth-order valence-corrected chi connectivity index (χ4v) is 11.7. The summed E-state index contributed by atoms with van der Waals surface area (Å²) in [5.41, 5.74) is 6.11. The largest absolute Gasteiger partial charge is 0.496 e. The first-order valence-electron chi connectivity index (χ1n) is 25.6. The molecule has 0 saturated heterocycles. The van der Waals surface area contributed by atoms with Crippen molar-refractivity contribution in [1.82, 2.24) is 12.9 Å². The van der Waals surface area contributed by atoms with Gasteiger partial charge in [-0.15, -0.1) is 18.8 Å². The number of anilines is 1. The number of nitrogens with zero attached hydrogens (tertiary/aromatic N) is 5. The maximum atomic E-state index is 12.5. The lowest BCUT2D eigenvalue weighted by molar-refractivity contribution is -0.385. The number of methoxy groups -OCH3 is 4. The molecule has 10 N–H and O–H groups in total. The highest BCUT2D eigenvalue weighted by Crippen LogP contribution is 2.32. The van der Waals surface area contributed by atoms with Crippen LogP contribution in [0.3, 0.4) is 0 Å². The Hall–Kier alpha value is -6.07. The van der Waals surface area contributed by atoms with Gasteiger partial charge in [-0.2, -0.15) is 12.9 Å². The number of rotatable bonds is 31. The van der Waals surface area contributed by atoms with Gasteiger partial charge in [-0.1, -0.05) is 27.9 Å². The predicted octanol–water partition coefficient (Wildman–Crippen LogP) is 1.75. The lowest BCUT2D eigenvalue weighted by Gasteiger charge is -2.21. The molecule has 0 heterocycles. The monoisotopic (exact) mass is 1410 g/mol. The number of nitrogen functional groups attached to an aromatic ring is 1. The molecule has 0 atom stereocenters. The molecule has 30 nitrogen and oxygen atoms in total. The van der Waals surface area contributed by atoms with E-state index in [1.54, 1.807) is 6.07 Å². The van der Waals surface area contributed by atoms with E-state index in [1.165, 1.54) is 58.8 Å². The number of aryl methyl sites for hydroxylation is 1. The van der Waals surface area contributed by atoms with Crippen LogP contribution in [0.15, 0.2) is 92.4 Å². The van der Waals surface area contributed by atoms with Crippen LogP contribution in [0.1, 0.15) is 31.2 Å². The fraction of sp³-hybridized carbons (Fsp3) is 0.462. The molecule has 0 spiro atoms. The Kier molecular flexibility index (Phi) is 43.2. The molecule has 0 aliphatic carbocycles. The van der Waals surface area contributed by atoms with Crippen LogP contribution < -0.4 is 24.7 Å². The number of halogens is 2. The minimum atomic E-state index is -3.99. The van der Waals surface area contributed by atoms with Crippen LogP contribution in [0.2, 0.25) is 0 Å². The summed E-state index contributed by atoms with van der Waals surface area (Å²) >= 11 is 3.01. The van der Waals surface area contributed by atoms with Gasteiger partial charge in [0.2, 0.25) is 30.1 Å². The number of hydrogen-bond donors (Lipinski definition) is 9. The van der Waals surface area contributed by atoms with Crippen LogP contribution in [-0.2, 0) is 45.5 Å². The molecule has 0 aliphatic heterocycles. The Morgan fingerprint density at radius 1 is 0.500 bits per heavy atom. The lowest BCUT2D eigenvalue weighted by atomic mass is 10.1. The summed E-state index contributed by atoms with van der Waals surface area (Å²) in [7, 11) is -5.18. The zero-order chi connectivity index (χ0) is 67.7. The third-order valence-electron chi connectivity index (χ3n) is 10.9. The lowest BCUT2D eigenvalue weighted by Crippen LogP contribution is -2.35. The highest BCUT2D eigenvalue weighted by Gasteiger charge is 2.28. The van der Waals surface area contributed by atoms with Crippen LogP contribution in [0.4, 0.5) is 17.1 Å². The van der Waals surface area contributed by atoms with Crippen molar-refractivity contribution in [1.29, 1.82) is 0 Å². The second-order valence-corrected chi connectivity index (χ2v) is 25.5. The summed E-state index contributed by atoms with van der Waals surface area (Å²) in [6, 6.07) is 14.9. The first kappa shape index (κ1) is 84.0. The SMILES string of the molecule is C#CCBr.C#CCCc1ccc(S(=O)(=O)N(CCO)CCO)cc1OC.COc1cc(S(=O)(=O)Cl)ccc1[N+](=O)[O-].COc1cc(S(=O)(=O)N(CCO)CCO)ccc1N.COc1cc(S(=O)(=O)N(CCO)CCO)ccc1[N+](=O)[O-].OCCCCCO. The first-order valence-corrected chi connectivity index (χ1v) is 33.3. The second kappa shape index (κ2) is 45.2. The van der Waals surface area contributed by atoms with Crippen molar-refractivity contribution in [3.8, 4) is 47.7 Å². The maximum Gasteiger partial charge on any atom is 0.310 e. The van der Waals surface area contributed by atoms with E-state index in [2.05, 4.69) is 32.5 Å². The van der Waals surface area contributed by atoms with E-state index in [9.17, 15) is 53.9 Å². The van der Waals surface area contributed by atoms with Gasteiger partial charge in [-0.25, -0.2) is 33.7 Å². The number of ether oxygens (including phenoxy) is 4. The number of nitrogens with two attached hydrogens (primary N) is 1. The van der Waals surface area contributed by atoms with Crippen molar-refractivity contribution in [2.75, 3.05) is 132 Å². The van der Waals surface area contributed by atoms with Crippen LogP contribution in [0, 0.1) is 44.9 Å². The van der Waals surface area contributed by atoms with Gasteiger partial charge in [-0.05, 0) is 61.6 Å². The molecule has 0 aliphatic rings. The third-order valence-corrected chi connectivity index (χ3v) is 18.2. The van der Waals surface area contributed by atoms with Crippen molar-refractivity contribution in [2.24, 2.45) is 0 Å². The average Bonchev–Trinajstić information content (AvgIpc) is 1.76. The van der Waals surface area contributed by atoms with Crippen molar-refractivity contribution in [3.63, 3.8) is 0 Å². The van der Waals surface area contributed by atoms with Gasteiger partial charge in [0.15, 0.2) is 11.5 Å². The molecule has 88 heavy (non-hydrogen) atoms. The molecule has 4 rings (SSSR count).